The highest BCUT2D eigenvalue weighted by Gasteiger charge is 2.21. The molecule has 0 aromatic heterocycles. The van der Waals surface area contributed by atoms with E-state index < -0.39 is 10.0 Å². The van der Waals surface area contributed by atoms with E-state index in [2.05, 4.69) is 0 Å². The lowest BCUT2D eigenvalue weighted by Crippen LogP contribution is -2.27. The number of nitrogens with zero attached hydrogens (tertiary/aromatic N) is 1. The van der Waals surface area contributed by atoms with Gasteiger partial charge in [-0.15, -0.1) is 0 Å². The molecule has 0 bridgehead atoms. The fraction of sp³-hybridized carbons (Fsp3) is 0.200. The van der Waals surface area contributed by atoms with Crippen LogP contribution in [-0.4, -0.2) is 20.6 Å². The Kier molecular flexibility index (Phi) is 2.28. The number of aliphatic hydroxyl groups excluding tert-OH is 1. The van der Waals surface area contributed by atoms with Crippen LogP contribution in [0.4, 0.5) is 5.69 Å². The third kappa shape index (κ3) is 1.64. The maximum absolute atomic E-state index is 11.5. The van der Waals surface area contributed by atoms with Gasteiger partial charge in [-0.2, -0.15) is 0 Å². The second kappa shape index (κ2) is 3.36. The molecule has 0 spiro atoms. The largest absolute Gasteiger partial charge is 0.392 e. The van der Waals surface area contributed by atoms with E-state index in [9.17, 15) is 8.42 Å². The number of aliphatic hydroxyl groups is 1. The van der Waals surface area contributed by atoms with Gasteiger partial charge in [-0.3, -0.25) is 4.31 Å². The fourth-order valence-corrected chi connectivity index (χ4v) is 2.42. The standard InChI is InChI=1S/C10H11NO3S/c1-11-10-6-8(7-12)2-3-9(10)4-5-15(11,13)14/h2-6,12H,7H2,1H3. The Morgan fingerprint density at radius 1 is 1.40 bits per heavy atom. The van der Waals surface area contributed by atoms with Crippen LogP contribution in [-0.2, 0) is 16.6 Å². The van der Waals surface area contributed by atoms with Gasteiger partial charge in [-0.25, -0.2) is 8.42 Å². The number of hydrogen-bond donors (Lipinski definition) is 1. The number of hydrogen-bond acceptors (Lipinski definition) is 3. The molecule has 15 heavy (non-hydrogen) atoms. The number of fused-ring (bicyclic) bond motifs is 1. The van der Waals surface area contributed by atoms with Crippen LogP contribution < -0.4 is 4.31 Å². The van der Waals surface area contributed by atoms with Crippen LogP contribution in [0, 0.1) is 0 Å². The average Bonchev–Trinajstić information content (AvgIpc) is 2.24. The zero-order chi connectivity index (χ0) is 11.1. The molecule has 80 valence electrons. The third-order valence-electron chi connectivity index (χ3n) is 2.42. The molecule has 1 aromatic carbocycles. The minimum atomic E-state index is -3.33. The molecular formula is C10H11NO3S. The van der Waals surface area contributed by atoms with E-state index in [0.29, 0.717) is 11.3 Å². The molecule has 1 aromatic rings. The predicted molar refractivity (Wildman–Crippen MR) is 58.7 cm³/mol. The van der Waals surface area contributed by atoms with Crippen LogP contribution in [0.25, 0.3) is 6.08 Å². The van der Waals surface area contributed by atoms with Gasteiger partial charge in [0.05, 0.1) is 17.7 Å². The van der Waals surface area contributed by atoms with Crippen LogP contribution in [0.3, 0.4) is 0 Å². The van der Waals surface area contributed by atoms with E-state index in [-0.39, 0.29) is 6.61 Å². The normalized spacial score (nSPS) is 17.6. The zero-order valence-corrected chi connectivity index (χ0v) is 9.03. The van der Waals surface area contributed by atoms with Crippen LogP contribution in [0.15, 0.2) is 23.6 Å². The van der Waals surface area contributed by atoms with Crippen molar-refractivity contribution in [3.05, 3.63) is 34.7 Å². The first-order chi connectivity index (χ1) is 7.04. The Morgan fingerprint density at radius 3 is 2.80 bits per heavy atom. The van der Waals surface area contributed by atoms with E-state index in [1.165, 1.54) is 16.8 Å². The number of anilines is 1. The van der Waals surface area contributed by atoms with Crippen LogP contribution >= 0.6 is 0 Å². The lowest BCUT2D eigenvalue weighted by molar-refractivity contribution is 0.282. The molecule has 4 nitrogen and oxygen atoms in total. The Balaban J connectivity index is 2.62. The molecule has 0 radical (unpaired) electrons. The maximum Gasteiger partial charge on any atom is 0.257 e. The monoisotopic (exact) mass is 225 g/mol. The molecule has 0 amide bonds. The van der Waals surface area contributed by atoms with Crippen molar-refractivity contribution in [2.75, 3.05) is 11.4 Å². The summed E-state index contributed by atoms with van der Waals surface area (Å²) < 4.78 is 24.3. The first kappa shape index (κ1) is 10.2. The molecule has 2 rings (SSSR count). The Morgan fingerprint density at radius 2 is 2.13 bits per heavy atom. The molecule has 0 saturated heterocycles. The van der Waals surface area contributed by atoms with Crippen molar-refractivity contribution in [1.82, 2.24) is 0 Å². The van der Waals surface area contributed by atoms with Gasteiger partial charge in [0.25, 0.3) is 10.0 Å². The number of sulfonamides is 1. The van der Waals surface area contributed by atoms with Crippen LogP contribution in [0.1, 0.15) is 11.1 Å². The number of rotatable bonds is 1. The summed E-state index contributed by atoms with van der Waals surface area (Å²) in [5.74, 6) is 0. The van der Waals surface area contributed by atoms with Crippen molar-refractivity contribution in [3.63, 3.8) is 0 Å². The Labute approximate surface area is 88.5 Å². The first-order valence-electron chi connectivity index (χ1n) is 4.45. The molecule has 5 heteroatoms. The summed E-state index contributed by atoms with van der Waals surface area (Å²) >= 11 is 0. The Bertz CT molecular complexity index is 519. The summed E-state index contributed by atoms with van der Waals surface area (Å²) in [5, 5.41) is 10.1. The average molecular weight is 225 g/mol. The highest BCUT2D eigenvalue weighted by atomic mass is 32.2. The quantitative estimate of drug-likeness (QED) is 0.773. The van der Waals surface area contributed by atoms with E-state index in [1.807, 2.05) is 0 Å². The van der Waals surface area contributed by atoms with Gasteiger partial charge in [-0.1, -0.05) is 12.1 Å². The van der Waals surface area contributed by atoms with Crippen molar-refractivity contribution in [2.45, 2.75) is 6.61 Å². The molecule has 1 aliphatic heterocycles. The highest BCUT2D eigenvalue weighted by Crippen LogP contribution is 2.29. The highest BCUT2D eigenvalue weighted by molar-refractivity contribution is 7.95. The van der Waals surface area contributed by atoms with Crippen molar-refractivity contribution in [1.29, 1.82) is 0 Å². The minimum absolute atomic E-state index is 0.0924. The van der Waals surface area contributed by atoms with Crippen molar-refractivity contribution in [3.8, 4) is 0 Å². The first-order valence-corrected chi connectivity index (χ1v) is 5.96. The van der Waals surface area contributed by atoms with Gasteiger partial charge in [0.2, 0.25) is 0 Å². The van der Waals surface area contributed by atoms with Gasteiger partial charge in [-0.05, 0) is 23.3 Å². The second-order valence-corrected chi connectivity index (χ2v) is 5.22. The fourth-order valence-electron chi connectivity index (χ4n) is 1.49. The second-order valence-electron chi connectivity index (χ2n) is 3.37. The third-order valence-corrected chi connectivity index (χ3v) is 3.86. The molecule has 1 heterocycles. The van der Waals surface area contributed by atoms with E-state index in [4.69, 9.17) is 5.11 Å². The molecule has 1 N–H and O–H groups in total. The van der Waals surface area contributed by atoms with Gasteiger partial charge < -0.3 is 5.11 Å². The van der Waals surface area contributed by atoms with Crippen molar-refractivity contribution >= 4 is 21.8 Å². The van der Waals surface area contributed by atoms with Gasteiger partial charge in [0.15, 0.2) is 0 Å². The topological polar surface area (TPSA) is 57.6 Å². The summed E-state index contributed by atoms with van der Waals surface area (Å²) in [6.07, 6.45) is 1.56. The zero-order valence-electron chi connectivity index (χ0n) is 8.21. The Hall–Kier alpha value is -1.33. The van der Waals surface area contributed by atoms with Crippen molar-refractivity contribution in [2.24, 2.45) is 0 Å². The van der Waals surface area contributed by atoms with E-state index in [1.54, 1.807) is 24.3 Å². The summed E-state index contributed by atoms with van der Waals surface area (Å²) in [6, 6.07) is 5.24. The molecule has 0 aliphatic carbocycles. The summed E-state index contributed by atoms with van der Waals surface area (Å²) in [4.78, 5) is 0. The summed E-state index contributed by atoms with van der Waals surface area (Å²) in [6.45, 7) is -0.0924. The molecule has 0 atom stereocenters. The van der Waals surface area contributed by atoms with E-state index >= 15 is 0 Å². The predicted octanol–water partition coefficient (Wildman–Crippen LogP) is 0.929. The maximum atomic E-state index is 11.5. The summed E-state index contributed by atoms with van der Waals surface area (Å²) in [7, 11) is -1.83. The number of benzene rings is 1. The SMILES string of the molecule is CN1c2cc(CO)ccc2C=CS1(=O)=O. The summed E-state index contributed by atoms with van der Waals surface area (Å²) in [5.41, 5.74) is 2.14. The van der Waals surface area contributed by atoms with Gasteiger partial charge in [0.1, 0.15) is 0 Å². The lowest BCUT2D eigenvalue weighted by atomic mass is 10.1. The molecule has 0 unspecified atom stereocenters. The molecule has 0 saturated carbocycles. The minimum Gasteiger partial charge on any atom is -0.392 e. The van der Waals surface area contributed by atoms with E-state index in [0.717, 1.165) is 5.56 Å². The smallest absolute Gasteiger partial charge is 0.257 e. The van der Waals surface area contributed by atoms with Crippen LogP contribution in [0.2, 0.25) is 0 Å². The van der Waals surface area contributed by atoms with Gasteiger partial charge in [0, 0.05) is 7.05 Å². The van der Waals surface area contributed by atoms with Crippen LogP contribution in [0.5, 0.6) is 0 Å². The van der Waals surface area contributed by atoms with Gasteiger partial charge >= 0.3 is 0 Å². The lowest BCUT2D eigenvalue weighted by Gasteiger charge is -2.23. The molecule has 0 fully saturated rings. The van der Waals surface area contributed by atoms with Crippen molar-refractivity contribution < 1.29 is 13.5 Å². The molecule has 1 aliphatic rings. The molecular weight excluding hydrogens is 214 g/mol.